The van der Waals surface area contributed by atoms with Gasteiger partial charge in [-0.2, -0.15) is 11.3 Å². The number of aromatic nitrogens is 2. The normalized spacial score (nSPS) is 16.1. The Morgan fingerprint density at radius 2 is 2.04 bits per heavy atom. The van der Waals surface area contributed by atoms with E-state index >= 15 is 0 Å². The van der Waals surface area contributed by atoms with Crippen molar-refractivity contribution < 1.29 is 19.1 Å². The van der Waals surface area contributed by atoms with Gasteiger partial charge in [0.2, 0.25) is 17.7 Å². The highest BCUT2D eigenvalue weighted by atomic mass is 32.1. The third-order valence-corrected chi connectivity index (χ3v) is 5.32. The second kappa shape index (κ2) is 7.32. The van der Waals surface area contributed by atoms with Gasteiger partial charge >= 0.3 is 5.97 Å². The number of carbonyl (C=O) groups is 2. The van der Waals surface area contributed by atoms with E-state index in [1.807, 2.05) is 41.1 Å². The molecule has 1 aliphatic heterocycles. The second-order valence-electron chi connectivity index (χ2n) is 6.36. The van der Waals surface area contributed by atoms with E-state index < -0.39 is 12.0 Å². The number of thiophene rings is 1. The van der Waals surface area contributed by atoms with Crippen molar-refractivity contribution in [1.29, 1.82) is 0 Å². The lowest BCUT2D eigenvalue weighted by atomic mass is 9.93. The fourth-order valence-corrected chi connectivity index (χ4v) is 3.85. The average Bonchev–Trinajstić information content (AvgIpc) is 3.36. The van der Waals surface area contributed by atoms with E-state index in [1.165, 1.54) is 16.2 Å². The lowest BCUT2D eigenvalue weighted by molar-refractivity contribution is -0.151. The zero-order valence-electron chi connectivity index (χ0n) is 14.4. The van der Waals surface area contributed by atoms with Crippen LogP contribution in [0.1, 0.15) is 23.4 Å². The fourth-order valence-electron chi connectivity index (χ4n) is 3.22. The van der Waals surface area contributed by atoms with Crippen LogP contribution >= 0.6 is 11.3 Å². The van der Waals surface area contributed by atoms with Crippen LogP contribution in [0, 0.1) is 0 Å². The number of nitrogens with zero attached hydrogens (tertiary/aromatic N) is 3. The van der Waals surface area contributed by atoms with Gasteiger partial charge in [-0.15, -0.1) is 10.2 Å². The quantitative estimate of drug-likeness (QED) is 0.728. The summed E-state index contributed by atoms with van der Waals surface area (Å²) >= 11 is 1.53. The van der Waals surface area contributed by atoms with Crippen LogP contribution < -0.4 is 0 Å². The molecular formula is C19H17N3O4S. The number of hydrogen-bond donors (Lipinski definition) is 1. The molecule has 3 heterocycles. The fraction of sp³-hybridized carbons (Fsp3) is 0.263. The van der Waals surface area contributed by atoms with Crippen LogP contribution in [0.3, 0.4) is 0 Å². The standard InChI is InChI=1S/C19H17N3O4S/c23-17(6-5-16-20-21-18(26-16)14-7-8-27-11-14)22-10-13-4-2-1-3-12(13)9-15(22)19(24)25/h1-4,7-8,11,15H,5-6,9-10H2,(H,24,25)/t15-/m0/s1. The van der Waals surface area contributed by atoms with Crippen molar-refractivity contribution in [3.05, 3.63) is 58.1 Å². The molecule has 27 heavy (non-hydrogen) atoms. The van der Waals surface area contributed by atoms with Crippen LogP contribution in [-0.4, -0.2) is 38.1 Å². The lowest BCUT2D eigenvalue weighted by Gasteiger charge is -2.34. The summed E-state index contributed by atoms with van der Waals surface area (Å²) in [5, 5.41) is 21.3. The van der Waals surface area contributed by atoms with Crippen molar-refractivity contribution in [1.82, 2.24) is 15.1 Å². The van der Waals surface area contributed by atoms with Crippen LogP contribution in [0.5, 0.6) is 0 Å². The number of carboxylic acids is 1. The molecule has 0 bridgehead atoms. The third kappa shape index (κ3) is 3.61. The van der Waals surface area contributed by atoms with E-state index in [4.69, 9.17) is 4.42 Å². The Morgan fingerprint density at radius 1 is 1.22 bits per heavy atom. The van der Waals surface area contributed by atoms with Gasteiger partial charge in [0, 0.05) is 36.8 Å². The number of aliphatic carboxylic acids is 1. The molecule has 4 rings (SSSR count). The summed E-state index contributed by atoms with van der Waals surface area (Å²) in [5.41, 5.74) is 2.82. The van der Waals surface area contributed by atoms with Gasteiger partial charge in [0.25, 0.3) is 0 Å². The monoisotopic (exact) mass is 383 g/mol. The van der Waals surface area contributed by atoms with Crippen molar-refractivity contribution in [2.75, 3.05) is 0 Å². The zero-order chi connectivity index (χ0) is 18.8. The van der Waals surface area contributed by atoms with Gasteiger partial charge in [-0.25, -0.2) is 4.79 Å². The molecule has 0 radical (unpaired) electrons. The van der Waals surface area contributed by atoms with Gasteiger partial charge in [0.05, 0.1) is 0 Å². The molecule has 1 N–H and O–H groups in total. The minimum atomic E-state index is -0.990. The molecular weight excluding hydrogens is 366 g/mol. The number of carbonyl (C=O) groups excluding carboxylic acids is 1. The summed E-state index contributed by atoms with van der Waals surface area (Å²) in [5.74, 6) is -0.426. The van der Waals surface area contributed by atoms with Crippen molar-refractivity contribution in [3.8, 4) is 11.5 Å². The van der Waals surface area contributed by atoms with Gasteiger partial charge in [-0.3, -0.25) is 4.79 Å². The molecule has 7 nitrogen and oxygen atoms in total. The Kier molecular flexibility index (Phi) is 4.72. The molecule has 0 saturated carbocycles. The Balaban J connectivity index is 1.45. The summed E-state index contributed by atoms with van der Waals surface area (Å²) in [6, 6.07) is 8.66. The van der Waals surface area contributed by atoms with Gasteiger partial charge in [0.1, 0.15) is 6.04 Å². The van der Waals surface area contributed by atoms with Crippen molar-refractivity contribution in [2.45, 2.75) is 31.8 Å². The number of carboxylic acid groups (broad SMARTS) is 1. The van der Waals surface area contributed by atoms with Crippen LogP contribution in [-0.2, 0) is 29.0 Å². The number of aryl methyl sites for hydroxylation is 1. The van der Waals surface area contributed by atoms with E-state index in [-0.39, 0.29) is 18.7 Å². The van der Waals surface area contributed by atoms with E-state index in [0.717, 1.165) is 16.7 Å². The largest absolute Gasteiger partial charge is 0.480 e. The van der Waals surface area contributed by atoms with E-state index in [0.29, 0.717) is 24.7 Å². The topological polar surface area (TPSA) is 96.5 Å². The second-order valence-corrected chi connectivity index (χ2v) is 7.14. The van der Waals surface area contributed by atoms with Crippen molar-refractivity contribution >= 4 is 23.2 Å². The Hall–Kier alpha value is -3.00. The highest BCUT2D eigenvalue weighted by molar-refractivity contribution is 7.08. The minimum absolute atomic E-state index is 0.122. The molecule has 1 atom stereocenters. The first-order valence-electron chi connectivity index (χ1n) is 8.56. The summed E-state index contributed by atoms with van der Waals surface area (Å²) in [4.78, 5) is 25.8. The maximum absolute atomic E-state index is 12.7. The van der Waals surface area contributed by atoms with Crippen LogP contribution in [0.4, 0.5) is 0 Å². The number of hydrogen-bond acceptors (Lipinski definition) is 6. The molecule has 2 aromatic heterocycles. The van der Waals surface area contributed by atoms with Crippen molar-refractivity contribution in [2.24, 2.45) is 0 Å². The van der Waals surface area contributed by atoms with Gasteiger partial charge in [-0.05, 0) is 22.6 Å². The molecule has 0 saturated heterocycles. The Bertz CT molecular complexity index is 967. The number of fused-ring (bicyclic) bond motifs is 1. The van der Waals surface area contributed by atoms with E-state index in [2.05, 4.69) is 10.2 Å². The molecule has 3 aromatic rings. The highest BCUT2D eigenvalue weighted by Crippen LogP contribution is 2.25. The molecule has 8 heteroatoms. The maximum atomic E-state index is 12.7. The summed E-state index contributed by atoms with van der Waals surface area (Å²) in [7, 11) is 0. The van der Waals surface area contributed by atoms with Crippen LogP contribution in [0.2, 0.25) is 0 Å². The van der Waals surface area contributed by atoms with Crippen LogP contribution in [0.25, 0.3) is 11.5 Å². The average molecular weight is 383 g/mol. The summed E-state index contributed by atoms with van der Waals surface area (Å²) in [6.45, 7) is 0.302. The first-order valence-corrected chi connectivity index (χ1v) is 9.50. The first kappa shape index (κ1) is 17.4. The smallest absolute Gasteiger partial charge is 0.326 e. The van der Waals surface area contributed by atoms with Crippen molar-refractivity contribution in [3.63, 3.8) is 0 Å². The molecule has 138 valence electrons. The first-order chi connectivity index (χ1) is 13.1. The minimum Gasteiger partial charge on any atom is -0.480 e. The molecule has 0 aliphatic carbocycles. The van der Waals surface area contributed by atoms with E-state index in [1.54, 1.807) is 0 Å². The number of amides is 1. The number of rotatable bonds is 5. The maximum Gasteiger partial charge on any atom is 0.326 e. The summed E-state index contributed by atoms with van der Waals surface area (Å²) < 4.78 is 5.59. The van der Waals surface area contributed by atoms with Gasteiger partial charge in [-0.1, -0.05) is 24.3 Å². The third-order valence-electron chi connectivity index (χ3n) is 4.64. The molecule has 1 amide bonds. The molecule has 0 fully saturated rings. The molecule has 1 aliphatic rings. The molecule has 1 aromatic carbocycles. The lowest BCUT2D eigenvalue weighted by Crippen LogP contribution is -2.48. The highest BCUT2D eigenvalue weighted by Gasteiger charge is 2.34. The zero-order valence-corrected chi connectivity index (χ0v) is 15.2. The molecule has 0 unspecified atom stereocenters. The Morgan fingerprint density at radius 3 is 2.78 bits per heavy atom. The van der Waals surface area contributed by atoms with Gasteiger partial charge < -0.3 is 14.4 Å². The number of benzene rings is 1. The summed E-state index contributed by atoms with van der Waals surface area (Å²) in [6.07, 6.45) is 0.720. The molecule has 0 spiro atoms. The Labute approximate surface area is 159 Å². The van der Waals surface area contributed by atoms with Gasteiger partial charge in [0.15, 0.2) is 0 Å². The van der Waals surface area contributed by atoms with Crippen LogP contribution in [0.15, 0.2) is 45.5 Å². The van der Waals surface area contributed by atoms with E-state index in [9.17, 15) is 14.7 Å². The predicted molar refractivity (Wildman–Crippen MR) is 98.1 cm³/mol. The SMILES string of the molecule is O=C(O)[C@@H]1Cc2ccccc2CN1C(=O)CCc1nnc(-c2ccsc2)o1. The predicted octanol–water partition coefficient (Wildman–Crippen LogP) is 2.77.